The third kappa shape index (κ3) is 2.48. The van der Waals surface area contributed by atoms with Crippen LogP contribution >= 0.6 is 0 Å². The zero-order valence-electron chi connectivity index (χ0n) is 9.99. The number of benzene rings is 1. The molecule has 0 amide bonds. The molecule has 5 nitrogen and oxygen atoms in total. The number of carbonyl (C=O) groups is 2. The van der Waals surface area contributed by atoms with Gasteiger partial charge < -0.3 is 4.74 Å². The first-order valence-electron chi connectivity index (χ1n) is 5.32. The van der Waals surface area contributed by atoms with Crippen LogP contribution in [0.3, 0.4) is 0 Å². The van der Waals surface area contributed by atoms with Gasteiger partial charge >= 0.3 is 0 Å². The topological polar surface area (TPSA) is 77.5 Å². The van der Waals surface area contributed by atoms with E-state index in [0.29, 0.717) is 5.75 Å². The van der Waals surface area contributed by atoms with Gasteiger partial charge in [-0.05, 0) is 36.4 Å². The van der Waals surface area contributed by atoms with E-state index in [1.165, 1.54) is 31.4 Å². The van der Waals surface area contributed by atoms with Crippen molar-refractivity contribution < 1.29 is 22.7 Å². The second kappa shape index (κ2) is 4.81. The predicted molar refractivity (Wildman–Crippen MR) is 67.4 cm³/mol. The molecule has 0 spiro atoms. The summed E-state index contributed by atoms with van der Waals surface area (Å²) in [6.07, 6.45) is 2.83. The van der Waals surface area contributed by atoms with Gasteiger partial charge in [0, 0.05) is 6.08 Å². The molecule has 1 aromatic carbocycles. The van der Waals surface area contributed by atoms with Crippen LogP contribution in [-0.4, -0.2) is 27.1 Å². The Balaban J connectivity index is 2.47. The minimum Gasteiger partial charge on any atom is -0.497 e. The number of methoxy groups -OCH3 is 1. The van der Waals surface area contributed by atoms with Gasteiger partial charge in [-0.15, -0.1) is 0 Å². The Morgan fingerprint density at radius 1 is 1.00 bits per heavy atom. The lowest BCUT2D eigenvalue weighted by Gasteiger charge is -2.09. The average Bonchev–Trinajstić information content (AvgIpc) is 2.41. The van der Waals surface area contributed by atoms with E-state index in [1.54, 1.807) is 0 Å². The Bertz CT molecular complexity index is 693. The molecular weight excluding hydrogens is 268 g/mol. The maximum Gasteiger partial charge on any atom is 0.210 e. The van der Waals surface area contributed by atoms with Crippen LogP contribution in [0, 0.1) is 0 Å². The lowest BCUT2D eigenvalue weighted by atomic mass is 10.2. The van der Waals surface area contributed by atoms with Crippen molar-refractivity contribution in [1.29, 1.82) is 0 Å². The standard InChI is InChI=1S/C13H10O5S/c1-18-10-3-5-11(6-4-10)19(16,17)13-8-9(14)2-7-12(13)15/h2-8H,1H3. The molecule has 0 radical (unpaired) electrons. The Morgan fingerprint density at radius 2 is 1.63 bits per heavy atom. The van der Waals surface area contributed by atoms with E-state index in [9.17, 15) is 18.0 Å². The van der Waals surface area contributed by atoms with Crippen molar-refractivity contribution in [3.8, 4) is 5.75 Å². The summed E-state index contributed by atoms with van der Waals surface area (Å²) in [5.41, 5.74) is 0. The van der Waals surface area contributed by atoms with Crippen molar-refractivity contribution >= 4 is 21.4 Å². The van der Waals surface area contributed by atoms with Gasteiger partial charge in [0.2, 0.25) is 9.84 Å². The molecule has 0 N–H and O–H groups in total. The van der Waals surface area contributed by atoms with Crippen molar-refractivity contribution in [3.63, 3.8) is 0 Å². The number of carbonyl (C=O) groups excluding carboxylic acids is 2. The van der Waals surface area contributed by atoms with E-state index in [0.717, 1.165) is 18.2 Å². The number of ether oxygens (including phenoxy) is 1. The van der Waals surface area contributed by atoms with Gasteiger partial charge in [0.05, 0.1) is 12.0 Å². The summed E-state index contributed by atoms with van der Waals surface area (Å²) in [6, 6.07) is 5.59. The SMILES string of the molecule is COc1ccc(S(=O)(=O)C2=CC(=O)C=CC2=O)cc1. The molecule has 0 saturated heterocycles. The predicted octanol–water partition coefficient (Wildman–Crippen LogP) is 1.06. The molecule has 0 saturated carbocycles. The van der Waals surface area contributed by atoms with E-state index in [2.05, 4.69) is 0 Å². The Hall–Kier alpha value is -2.21. The average molecular weight is 278 g/mol. The summed E-state index contributed by atoms with van der Waals surface area (Å²) in [5.74, 6) is -0.721. The molecule has 0 atom stereocenters. The number of hydrogen-bond donors (Lipinski definition) is 0. The van der Waals surface area contributed by atoms with Gasteiger partial charge in [-0.25, -0.2) is 8.42 Å². The zero-order chi connectivity index (χ0) is 14.0. The quantitative estimate of drug-likeness (QED) is 0.773. The molecule has 19 heavy (non-hydrogen) atoms. The minimum atomic E-state index is -3.99. The Labute approximate surface area is 110 Å². The highest BCUT2D eigenvalue weighted by atomic mass is 32.2. The summed E-state index contributed by atoms with van der Waals surface area (Å²) in [6.45, 7) is 0. The monoisotopic (exact) mass is 278 g/mol. The summed E-state index contributed by atoms with van der Waals surface area (Å²) in [5, 5.41) is 0. The molecule has 0 aliphatic heterocycles. The third-order valence-corrected chi connectivity index (χ3v) is 4.37. The lowest BCUT2D eigenvalue weighted by molar-refractivity contribution is -0.114. The molecule has 0 unspecified atom stereocenters. The first kappa shape index (κ1) is 13.2. The number of ketones is 2. The zero-order valence-corrected chi connectivity index (χ0v) is 10.8. The van der Waals surface area contributed by atoms with Crippen molar-refractivity contribution in [1.82, 2.24) is 0 Å². The highest BCUT2D eigenvalue weighted by Crippen LogP contribution is 2.24. The first-order valence-corrected chi connectivity index (χ1v) is 6.80. The first-order chi connectivity index (χ1) is 8.95. The maximum absolute atomic E-state index is 12.2. The van der Waals surface area contributed by atoms with Gasteiger partial charge in [-0.2, -0.15) is 0 Å². The summed E-state index contributed by atoms with van der Waals surface area (Å²) in [7, 11) is -2.53. The Morgan fingerprint density at radius 3 is 2.21 bits per heavy atom. The molecule has 1 aliphatic carbocycles. The lowest BCUT2D eigenvalue weighted by Crippen LogP contribution is -2.16. The molecule has 1 aliphatic rings. The third-order valence-electron chi connectivity index (χ3n) is 2.57. The van der Waals surface area contributed by atoms with Crippen molar-refractivity contribution in [3.05, 3.63) is 47.4 Å². The van der Waals surface area contributed by atoms with E-state index in [-0.39, 0.29) is 4.90 Å². The molecule has 1 aromatic rings. The van der Waals surface area contributed by atoms with Crippen molar-refractivity contribution in [2.75, 3.05) is 7.11 Å². The minimum absolute atomic E-state index is 0.0593. The van der Waals surface area contributed by atoms with Crippen LogP contribution in [0.2, 0.25) is 0 Å². The fourth-order valence-electron chi connectivity index (χ4n) is 1.58. The molecule has 0 bridgehead atoms. The number of sulfone groups is 1. The largest absolute Gasteiger partial charge is 0.497 e. The molecule has 6 heteroatoms. The van der Waals surface area contributed by atoms with E-state index >= 15 is 0 Å². The van der Waals surface area contributed by atoms with Crippen molar-refractivity contribution in [2.45, 2.75) is 4.90 Å². The van der Waals surface area contributed by atoms with Crippen LogP contribution in [0.5, 0.6) is 5.75 Å². The van der Waals surface area contributed by atoms with E-state index in [4.69, 9.17) is 4.74 Å². The van der Waals surface area contributed by atoms with Crippen LogP contribution in [0.25, 0.3) is 0 Å². The molecular formula is C13H10O5S. The molecule has 0 heterocycles. The van der Waals surface area contributed by atoms with Gasteiger partial charge in [-0.1, -0.05) is 0 Å². The second-order valence-electron chi connectivity index (χ2n) is 3.79. The van der Waals surface area contributed by atoms with Crippen LogP contribution < -0.4 is 4.74 Å². The van der Waals surface area contributed by atoms with E-state index in [1.807, 2.05) is 0 Å². The van der Waals surface area contributed by atoms with Crippen LogP contribution in [-0.2, 0) is 19.4 Å². The molecule has 98 valence electrons. The van der Waals surface area contributed by atoms with Crippen LogP contribution in [0.15, 0.2) is 52.3 Å². The fourth-order valence-corrected chi connectivity index (χ4v) is 2.93. The second-order valence-corrected chi connectivity index (χ2v) is 5.71. The summed E-state index contributed by atoms with van der Waals surface area (Å²) >= 11 is 0. The van der Waals surface area contributed by atoms with Crippen LogP contribution in [0.1, 0.15) is 0 Å². The van der Waals surface area contributed by atoms with Gasteiger partial charge in [0.1, 0.15) is 10.7 Å². The highest BCUT2D eigenvalue weighted by Gasteiger charge is 2.28. The Kier molecular flexibility index (Phi) is 3.35. The van der Waals surface area contributed by atoms with Gasteiger partial charge in [0.15, 0.2) is 11.6 Å². The van der Waals surface area contributed by atoms with Gasteiger partial charge in [0.25, 0.3) is 0 Å². The fraction of sp³-hybridized carbons (Fsp3) is 0.0769. The molecule has 0 aromatic heterocycles. The molecule has 0 fully saturated rings. The summed E-state index contributed by atoms with van der Waals surface area (Å²) in [4.78, 5) is 22.2. The highest BCUT2D eigenvalue weighted by molar-refractivity contribution is 7.96. The maximum atomic E-state index is 12.2. The number of hydrogen-bond acceptors (Lipinski definition) is 5. The van der Waals surface area contributed by atoms with Crippen molar-refractivity contribution in [2.24, 2.45) is 0 Å². The normalized spacial score (nSPS) is 15.3. The smallest absolute Gasteiger partial charge is 0.210 e. The molecule has 2 rings (SSSR count). The van der Waals surface area contributed by atoms with Crippen LogP contribution in [0.4, 0.5) is 0 Å². The summed E-state index contributed by atoms with van der Waals surface area (Å²) < 4.78 is 29.4. The van der Waals surface area contributed by atoms with Gasteiger partial charge in [-0.3, -0.25) is 9.59 Å². The number of rotatable bonds is 3. The van der Waals surface area contributed by atoms with E-state index < -0.39 is 26.3 Å². The number of allylic oxidation sites excluding steroid dienone is 4.